The van der Waals surface area contributed by atoms with Crippen LogP contribution in [0.2, 0.25) is 0 Å². The van der Waals surface area contributed by atoms with Crippen LogP contribution in [-0.4, -0.2) is 17.4 Å². The molecule has 1 amide bonds. The SMILES string of the molecule is CCOc1ccccc1C(=O)Nc1ccc(C)cc1[N+](=O)[O-]. The average Bonchev–Trinajstić information content (AvgIpc) is 2.49. The minimum atomic E-state index is -0.517. The second kappa shape index (κ2) is 6.71. The van der Waals surface area contributed by atoms with Crippen LogP contribution in [0.4, 0.5) is 11.4 Å². The molecule has 0 aliphatic carbocycles. The lowest BCUT2D eigenvalue weighted by Crippen LogP contribution is -2.14. The predicted molar refractivity (Wildman–Crippen MR) is 83.4 cm³/mol. The first-order valence-corrected chi connectivity index (χ1v) is 6.81. The monoisotopic (exact) mass is 300 g/mol. The normalized spacial score (nSPS) is 10.1. The summed E-state index contributed by atoms with van der Waals surface area (Å²) in [5, 5.41) is 13.7. The second-order valence-corrected chi connectivity index (χ2v) is 4.66. The Labute approximate surface area is 127 Å². The number of para-hydroxylation sites is 1. The van der Waals surface area contributed by atoms with Gasteiger partial charge in [-0.1, -0.05) is 18.2 Å². The maximum absolute atomic E-state index is 12.4. The summed E-state index contributed by atoms with van der Waals surface area (Å²) in [5.74, 6) is -0.00623. The van der Waals surface area contributed by atoms with Crippen LogP contribution < -0.4 is 10.1 Å². The number of rotatable bonds is 5. The molecule has 2 aromatic rings. The number of nitrogens with zero attached hydrogens (tertiary/aromatic N) is 1. The van der Waals surface area contributed by atoms with E-state index in [4.69, 9.17) is 4.74 Å². The van der Waals surface area contributed by atoms with Gasteiger partial charge in [0.05, 0.1) is 17.1 Å². The standard InChI is InChI=1S/C16H16N2O4/c1-3-22-15-7-5-4-6-12(15)16(19)17-13-9-8-11(2)10-14(13)18(20)21/h4-10H,3H2,1-2H3,(H,17,19). The third-order valence-corrected chi connectivity index (χ3v) is 3.03. The van der Waals surface area contributed by atoms with Gasteiger partial charge in [0.1, 0.15) is 11.4 Å². The number of hydrogen-bond donors (Lipinski definition) is 1. The molecule has 0 unspecified atom stereocenters. The molecule has 0 saturated heterocycles. The van der Waals surface area contributed by atoms with Crippen LogP contribution in [-0.2, 0) is 0 Å². The van der Waals surface area contributed by atoms with Crippen LogP contribution in [0.3, 0.4) is 0 Å². The largest absolute Gasteiger partial charge is 0.493 e. The Balaban J connectivity index is 2.32. The van der Waals surface area contributed by atoms with Gasteiger partial charge in [-0.05, 0) is 37.6 Å². The van der Waals surface area contributed by atoms with Gasteiger partial charge in [-0.25, -0.2) is 0 Å². The van der Waals surface area contributed by atoms with Crippen molar-refractivity contribution in [2.75, 3.05) is 11.9 Å². The zero-order valence-electron chi connectivity index (χ0n) is 12.3. The molecule has 0 radical (unpaired) electrons. The lowest BCUT2D eigenvalue weighted by molar-refractivity contribution is -0.384. The highest BCUT2D eigenvalue weighted by Crippen LogP contribution is 2.27. The van der Waals surface area contributed by atoms with Crippen LogP contribution >= 0.6 is 0 Å². The third-order valence-electron chi connectivity index (χ3n) is 3.03. The van der Waals surface area contributed by atoms with E-state index in [9.17, 15) is 14.9 Å². The number of anilines is 1. The number of ether oxygens (including phenoxy) is 1. The summed E-state index contributed by atoms with van der Waals surface area (Å²) in [6, 6.07) is 11.4. The number of nitrogens with one attached hydrogen (secondary N) is 1. The molecule has 6 heteroatoms. The van der Waals surface area contributed by atoms with E-state index in [2.05, 4.69) is 5.32 Å². The van der Waals surface area contributed by atoms with E-state index >= 15 is 0 Å². The van der Waals surface area contributed by atoms with E-state index < -0.39 is 10.8 Å². The van der Waals surface area contributed by atoms with Gasteiger partial charge >= 0.3 is 0 Å². The molecule has 6 nitrogen and oxygen atoms in total. The Morgan fingerprint density at radius 2 is 2.00 bits per heavy atom. The fraction of sp³-hybridized carbons (Fsp3) is 0.188. The maximum Gasteiger partial charge on any atom is 0.293 e. The molecule has 0 spiro atoms. The predicted octanol–water partition coefficient (Wildman–Crippen LogP) is 3.55. The van der Waals surface area contributed by atoms with Gasteiger partial charge in [-0.15, -0.1) is 0 Å². The number of carbonyl (C=O) groups is 1. The molecule has 0 bridgehead atoms. The summed E-state index contributed by atoms with van der Waals surface area (Å²) in [5.41, 5.74) is 1.10. The summed E-state index contributed by atoms with van der Waals surface area (Å²) in [6.45, 7) is 4.00. The number of nitro benzene ring substituents is 1. The Hall–Kier alpha value is -2.89. The molecular formula is C16H16N2O4. The Morgan fingerprint density at radius 3 is 2.68 bits per heavy atom. The van der Waals surface area contributed by atoms with Gasteiger partial charge < -0.3 is 10.1 Å². The Kier molecular flexibility index (Phi) is 4.73. The number of amides is 1. The molecule has 0 aromatic heterocycles. The van der Waals surface area contributed by atoms with E-state index in [1.165, 1.54) is 12.1 Å². The molecule has 0 fully saturated rings. The van der Waals surface area contributed by atoms with E-state index in [0.717, 1.165) is 5.56 Å². The van der Waals surface area contributed by atoms with Crippen LogP contribution in [0.5, 0.6) is 5.75 Å². The zero-order valence-corrected chi connectivity index (χ0v) is 12.3. The van der Waals surface area contributed by atoms with Crippen molar-refractivity contribution in [3.8, 4) is 5.75 Å². The van der Waals surface area contributed by atoms with Gasteiger partial charge in [0.2, 0.25) is 0 Å². The lowest BCUT2D eigenvalue weighted by Gasteiger charge is -2.10. The molecule has 0 aliphatic rings. The Bertz CT molecular complexity index is 713. The van der Waals surface area contributed by atoms with Crippen molar-refractivity contribution in [1.82, 2.24) is 0 Å². The van der Waals surface area contributed by atoms with Crippen molar-refractivity contribution in [3.05, 3.63) is 63.7 Å². The molecule has 114 valence electrons. The van der Waals surface area contributed by atoms with E-state index in [-0.39, 0.29) is 11.4 Å². The molecule has 0 atom stereocenters. The smallest absolute Gasteiger partial charge is 0.293 e. The van der Waals surface area contributed by atoms with Gasteiger partial charge in [0.15, 0.2) is 0 Å². The number of aryl methyl sites for hydroxylation is 1. The molecule has 0 heterocycles. The van der Waals surface area contributed by atoms with Gasteiger partial charge in [-0.3, -0.25) is 14.9 Å². The van der Waals surface area contributed by atoms with Crippen molar-refractivity contribution in [1.29, 1.82) is 0 Å². The molecule has 2 rings (SSSR count). The third kappa shape index (κ3) is 3.41. The van der Waals surface area contributed by atoms with E-state index in [1.807, 2.05) is 6.92 Å². The molecule has 2 aromatic carbocycles. The van der Waals surface area contributed by atoms with Gasteiger partial charge in [-0.2, -0.15) is 0 Å². The van der Waals surface area contributed by atoms with Crippen molar-refractivity contribution in [3.63, 3.8) is 0 Å². The highest BCUT2D eigenvalue weighted by molar-refractivity contribution is 6.07. The first-order valence-electron chi connectivity index (χ1n) is 6.81. The van der Waals surface area contributed by atoms with Crippen molar-refractivity contribution >= 4 is 17.3 Å². The summed E-state index contributed by atoms with van der Waals surface area (Å²) in [4.78, 5) is 22.9. The highest BCUT2D eigenvalue weighted by Gasteiger charge is 2.18. The number of nitro groups is 1. The highest BCUT2D eigenvalue weighted by atomic mass is 16.6. The maximum atomic E-state index is 12.4. The summed E-state index contributed by atoms with van der Waals surface area (Å²) in [6.07, 6.45) is 0. The Morgan fingerprint density at radius 1 is 1.27 bits per heavy atom. The van der Waals surface area contributed by atoms with Crippen LogP contribution in [0.1, 0.15) is 22.8 Å². The van der Waals surface area contributed by atoms with Crippen molar-refractivity contribution < 1.29 is 14.5 Å². The summed E-state index contributed by atoms with van der Waals surface area (Å²) >= 11 is 0. The quantitative estimate of drug-likeness (QED) is 0.676. The fourth-order valence-electron chi connectivity index (χ4n) is 2.02. The first-order chi connectivity index (χ1) is 10.5. The minimum Gasteiger partial charge on any atom is -0.493 e. The van der Waals surface area contributed by atoms with E-state index in [1.54, 1.807) is 37.3 Å². The average molecular weight is 300 g/mol. The topological polar surface area (TPSA) is 81.5 Å². The number of carbonyl (C=O) groups excluding carboxylic acids is 1. The van der Waals surface area contributed by atoms with Crippen molar-refractivity contribution in [2.24, 2.45) is 0 Å². The zero-order chi connectivity index (χ0) is 16.1. The summed E-state index contributed by atoms with van der Waals surface area (Å²) < 4.78 is 5.40. The molecular weight excluding hydrogens is 284 g/mol. The van der Waals surface area contributed by atoms with E-state index in [0.29, 0.717) is 17.9 Å². The number of hydrogen-bond acceptors (Lipinski definition) is 4. The molecule has 22 heavy (non-hydrogen) atoms. The number of benzene rings is 2. The van der Waals surface area contributed by atoms with Crippen LogP contribution in [0.15, 0.2) is 42.5 Å². The van der Waals surface area contributed by atoms with Gasteiger partial charge in [0.25, 0.3) is 11.6 Å². The molecule has 0 saturated carbocycles. The van der Waals surface area contributed by atoms with Crippen LogP contribution in [0, 0.1) is 17.0 Å². The van der Waals surface area contributed by atoms with Crippen LogP contribution in [0.25, 0.3) is 0 Å². The van der Waals surface area contributed by atoms with Gasteiger partial charge in [0, 0.05) is 6.07 Å². The fourth-order valence-corrected chi connectivity index (χ4v) is 2.02. The first kappa shape index (κ1) is 15.5. The summed E-state index contributed by atoms with van der Waals surface area (Å²) in [7, 11) is 0. The van der Waals surface area contributed by atoms with Crippen molar-refractivity contribution in [2.45, 2.75) is 13.8 Å². The molecule has 1 N–H and O–H groups in total. The lowest BCUT2D eigenvalue weighted by atomic mass is 10.1. The molecule has 0 aliphatic heterocycles. The minimum absolute atomic E-state index is 0.137. The second-order valence-electron chi connectivity index (χ2n) is 4.66.